The van der Waals surface area contributed by atoms with Gasteiger partial charge in [-0.25, -0.2) is 9.98 Å². The van der Waals surface area contributed by atoms with Crippen LogP contribution in [-0.4, -0.2) is 22.3 Å². The van der Waals surface area contributed by atoms with Gasteiger partial charge in [0.1, 0.15) is 16.9 Å². The molecule has 2 heterocycles. The minimum atomic E-state index is -0.367. The van der Waals surface area contributed by atoms with E-state index in [-0.39, 0.29) is 22.8 Å². The monoisotopic (exact) mass is 409 g/mol. The number of nitrogens with one attached hydrogen (secondary N) is 1. The number of nitrogens with zero attached hydrogens (tertiary/aromatic N) is 2. The fraction of sp³-hybridized carbons (Fsp3) is 0.0500. The van der Waals surface area contributed by atoms with Gasteiger partial charge in [0.25, 0.3) is 5.91 Å². The van der Waals surface area contributed by atoms with Crippen LogP contribution in [0.2, 0.25) is 0 Å². The summed E-state index contributed by atoms with van der Waals surface area (Å²) >= 11 is 2.96. The fourth-order valence-corrected chi connectivity index (χ4v) is 3.51. The first kappa shape index (κ1) is 18.3. The van der Waals surface area contributed by atoms with Crippen molar-refractivity contribution in [3.05, 3.63) is 71.2 Å². The number of hydrogen-bond donors (Lipinski definition) is 2. The molecule has 28 heavy (non-hydrogen) atoms. The zero-order chi connectivity index (χ0) is 19.5. The number of anilines is 1. The number of thiazole rings is 1. The van der Waals surface area contributed by atoms with Crippen LogP contribution < -0.4 is 10.9 Å². The average Bonchev–Trinajstić information content (AvgIpc) is 3.21. The maximum absolute atomic E-state index is 12.8. The van der Waals surface area contributed by atoms with Gasteiger partial charge in [-0.1, -0.05) is 0 Å². The topological polar surface area (TPSA) is 87.7 Å². The predicted octanol–water partition coefficient (Wildman–Crippen LogP) is 4.80. The van der Waals surface area contributed by atoms with Gasteiger partial charge in [-0.05, 0) is 48.7 Å². The third-order valence-electron chi connectivity index (χ3n) is 3.93. The van der Waals surface area contributed by atoms with E-state index < -0.39 is 0 Å². The highest BCUT2D eigenvalue weighted by atomic mass is 32.2. The molecule has 0 atom stereocenters. The molecule has 1 amide bonds. The summed E-state index contributed by atoms with van der Waals surface area (Å²) in [6.45, 7) is 0. The Morgan fingerprint density at radius 3 is 2.75 bits per heavy atom. The fourth-order valence-electron chi connectivity index (χ4n) is 2.58. The molecule has 0 aliphatic rings. The highest BCUT2D eigenvalue weighted by Gasteiger charge is 2.14. The molecule has 0 bridgehead atoms. The molecule has 6 nitrogen and oxygen atoms in total. The Balaban J connectivity index is 1.85. The molecule has 4 rings (SSSR count). The number of thioether (sulfide) groups is 1. The van der Waals surface area contributed by atoms with E-state index in [1.54, 1.807) is 35.5 Å². The Morgan fingerprint density at radius 2 is 2.04 bits per heavy atom. The van der Waals surface area contributed by atoms with Crippen molar-refractivity contribution < 1.29 is 14.3 Å². The minimum Gasteiger partial charge on any atom is -0.508 e. The number of benzene rings is 2. The van der Waals surface area contributed by atoms with Gasteiger partial charge in [0.2, 0.25) is 5.55 Å². The van der Waals surface area contributed by atoms with Crippen molar-refractivity contribution in [2.24, 2.45) is 4.99 Å². The number of aromatic hydroxyl groups is 1. The number of carbonyl (C=O) groups excluding carboxylic acids is 1. The van der Waals surface area contributed by atoms with Crippen molar-refractivity contribution >= 4 is 50.8 Å². The average molecular weight is 409 g/mol. The van der Waals surface area contributed by atoms with E-state index >= 15 is 0 Å². The molecule has 0 aliphatic heterocycles. The number of fused-ring (bicyclic) bond motifs is 1. The summed E-state index contributed by atoms with van der Waals surface area (Å²) in [5.41, 5.74) is 1.53. The summed E-state index contributed by atoms with van der Waals surface area (Å²) in [7, 11) is 0. The molecule has 0 saturated heterocycles. The van der Waals surface area contributed by atoms with Crippen molar-refractivity contribution in [3.63, 3.8) is 0 Å². The molecule has 2 aromatic carbocycles. The number of phenolic OH excluding ortho intramolecular Hbond substituents is 1. The van der Waals surface area contributed by atoms with Gasteiger partial charge in [-0.2, -0.15) is 0 Å². The van der Waals surface area contributed by atoms with Gasteiger partial charge >= 0.3 is 0 Å². The van der Waals surface area contributed by atoms with Gasteiger partial charge in [0, 0.05) is 27.9 Å². The van der Waals surface area contributed by atoms with Crippen LogP contribution in [0.5, 0.6) is 5.75 Å². The van der Waals surface area contributed by atoms with E-state index in [1.165, 1.54) is 23.5 Å². The normalized spacial score (nSPS) is 11.7. The molecular formula is C20H15N3O3S2. The Kier molecular flexibility index (Phi) is 5.14. The van der Waals surface area contributed by atoms with Gasteiger partial charge in [0.05, 0.1) is 5.69 Å². The van der Waals surface area contributed by atoms with Crippen molar-refractivity contribution in [1.29, 1.82) is 0 Å². The zero-order valence-electron chi connectivity index (χ0n) is 14.7. The Bertz CT molecular complexity index is 1200. The number of carbonyl (C=O) groups is 1. The van der Waals surface area contributed by atoms with Crippen molar-refractivity contribution in [3.8, 4) is 5.75 Å². The second kappa shape index (κ2) is 7.87. The Morgan fingerprint density at radius 1 is 1.21 bits per heavy atom. The lowest BCUT2D eigenvalue weighted by Crippen LogP contribution is -2.21. The van der Waals surface area contributed by atoms with Crippen LogP contribution in [0.4, 0.5) is 10.8 Å². The van der Waals surface area contributed by atoms with E-state index in [9.17, 15) is 9.90 Å². The first-order chi connectivity index (χ1) is 13.6. The lowest BCUT2D eigenvalue weighted by atomic mass is 10.1. The molecule has 0 fully saturated rings. The second-order valence-electron chi connectivity index (χ2n) is 5.79. The van der Waals surface area contributed by atoms with Crippen LogP contribution in [0.3, 0.4) is 0 Å². The number of rotatable bonds is 4. The molecule has 0 spiro atoms. The summed E-state index contributed by atoms with van der Waals surface area (Å²) in [4.78, 5) is 22.5. The quantitative estimate of drug-likeness (QED) is 0.473. The Hall–Kier alpha value is -3.10. The minimum absolute atomic E-state index is 0.0755. The van der Waals surface area contributed by atoms with Crippen molar-refractivity contribution in [2.45, 2.75) is 4.90 Å². The van der Waals surface area contributed by atoms with Crippen LogP contribution in [0.25, 0.3) is 11.0 Å². The summed E-state index contributed by atoms with van der Waals surface area (Å²) in [5.74, 6) is -0.292. The molecule has 0 unspecified atom stereocenters. The van der Waals surface area contributed by atoms with Crippen LogP contribution in [-0.2, 0) is 0 Å². The summed E-state index contributed by atoms with van der Waals surface area (Å²) in [6.07, 6.45) is 3.62. The van der Waals surface area contributed by atoms with E-state index in [0.29, 0.717) is 21.8 Å². The molecule has 140 valence electrons. The third kappa shape index (κ3) is 3.92. The van der Waals surface area contributed by atoms with E-state index in [2.05, 4.69) is 15.3 Å². The molecule has 2 N–H and O–H groups in total. The van der Waals surface area contributed by atoms with Crippen LogP contribution in [0, 0.1) is 0 Å². The molecule has 2 aromatic heterocycles. The lowest BCUT2D eigenvalue weighted by Gasteiger charge is -2.05. The first-order valence-corrected chi connectivity index (χ1v) is 10.4. The predicted molar refractivity (Wildman–Crippen MR) is 111 cm³/mol. The largest absolute Gasteiger partial charge is 0.508 e. The number of amides is 1. The molecule has 0 saturated carbocycles. The molecular weight excluding hydrogens is 394 g/mol. The maximum atomic E-state index is 12.8. The maximum Gasteiger partial charge on any atom is 0.262 e. The van der Waals surface area contributed by atoms with Gasteiger partial charge in [0.15, 0.2) is 5.13 Å². The van der Waals surface area contributed by atoms with Crippen molar-refractivity contribution in [1.82, 2.24) is 4.98 Å². The van der Waals surface area contributed by atoms with Gasteiger partial charge in [-0.3, -0.25) is 10.1 Å². The van der Waals surface area contributed by atoms with E-state index in [4.69, 9.17) is 4.42 Å². The third-order valence-corrected chi connectivity index (χ3v) is 5.37. The highest BCUT2D eigenvalue weighted by Crippen LogP contribution is 2.22. The smallest absolute Gasteiger partial charge is 0.262 e. The van der Waals surface area contributed by atoms with Crippen LogP contribution in [0.15, 0.2) is 74.4 Å². The zero-order valence-corrected chi connectivity index (χ0v) is 16.4. The Labute approximate surface area is 168 Å². The van der Waals surface area contributed by atoms with Gasteiger partial charge < -0.3 is 9.52 Å². The molecule has 0 aliphatic carbocycles. The van der Waals surface area contributed by atoms with E-state index in [1.807, 2.05) is 30.5 Å². The number of hydrogen-bond acceptors (Lipinski definition) is 7. The van der Waals surface area contributed by atoms with Crippen LogP contribution in [0.1, 0.15) is 10.4 Å². The summed E-state index contributed by atoms with van der Waals surface area (Å²) in [5, 5.41) is 15.4. The highest BCUT2D eigenvalue weighted by molar-refractivity contribution is 7.98. The molecule has 4 aromatic rings. The SMILES string of the molecule is CSc1ccc(N=c2oc3cc(O)ccc3cc2C(=O)Nc2nccs2)cc1. The van der Waals surface area contributed by atoms with Crippen molar-refractivity contribution in [2.75, 3.05) is 11.6 Å². The molecule has 8 heteroatoms. The number of phenols is 1. The lowest BCUT2D eigenvalue weighted by molar-refractivity contribution is 0.102. The van der Waals surface area contributed by atoms with E-state index in [0.717, 1.165) is 4.90 Å². The number of aromatic nitrogens is 1. The summed E-state index contributed by atoms with van der Waals surface area (Å²) < 4.78 is 5.86. The molecule has 0 radical (unpaired) electrons. The van der Waals surface area contributed by atoms with Crippen LogP contribution >= 0.6 is 23.1 Å². The summed E-state index contributed by atoms with van der Waals surface area (Å²) in [6, 6.07) is 14.0. The first-order valence-electron chi connectivity index (χ1n) is 8.29. The standard InChI is InChI=1S/C20H15N3O3S2/c1-27-15-6-3-13(4-7-15)22-19-16(18(25)23-20-21-8-9-28-20)10-12-2-5-14(24)11-17(12)26-19/h2-11,24H,1H3,(H,21,23,25). The van der Waals surface area contributed by atoms with Gasteiger partial charge in [-0.15, -0.1) is 23.1 Å². The second-order valence-corrected chi connectivity index (χ2v) is 7.56.